The summed E-state index contributed by atoms with van der Waals surface area (Å²) in [5.41, 5.74) is 4.48. The molecule has 0 N–H and O–H groups in total. The molecule has 0 radical (unpaired) electrons. The van der Waals surface area contributed by atoms with Crippen molar-refractivity contribution in [3.63, 3.8) is 0 Å². The van der Waals surface area contributed by atoms with Gasteiger partial charge in [0.2, 0.25) is 0 Å². The Hall–Kier alpha value is -0.830. The summed E-state index contributed by atoms with van der Waals surface area (Å²) in [6.07, 6.45) is 11.0. The molecule has 1 atom stereocenters. The van der Waals surface area contributed by atoms with Crippen molar-refractivity contribution in [2.24, 2.45) is 5.16 Å². The van der Waals surface area contributed by atoms with Gasteiger partial charge >= 0.3 is 0 Å². The van der Waals surface area contributed by atoms with Crippen molar-refractivity contribution in [1.29, 1.82) is 0 Å². The molecule has 0 spiro atoms. The molecule has 0 heterocycles. The largest absolute Gasteiger partial charge is 0.396 e. The first kappa shape index (κ1) is 17.5. The van der Waals surface area contributed by atoms with E-state index in [1.807, 2.05) is 0 Å². The van der Waals surface area contributed by atoms with Crippen molar-refractivity contribution in [3.8, 4) is 0 Å². The number of rotatable bonds is 8. The molecule has 0 aliphatic heterocycles. The van der Waals surface area contributed by atoms with Gasteiger partial charge in [0.1, 0.15) is 6.61 Å². The van der Waals surface area contributed by atoms with Crippen LogP contribution in [0.25, 0.3) is 0 Å². The average molecular weight is 306 g/mol. The van der Waals surface area contributed by atoms with Crippen LogP contribution in [0.4, 0.5) is 0 Å². The molecule has 3 nitrogen and oxygen atoms in total. The Labute approximate surface area is 136 Å². The van der Waals surface area contributed by atoms with Gasteiger partial charge in [-0.1, -0.05) is 31.5 Å². The van der Waals surface area contributed by atoms with E-state index in [-0.39, 0.29) is 0 Å². The summed E-state index contributed by atoms with van der Waals surface area (Å²) in [6, 6.07) is 0.759. The predicted molar refractivity (Wildman–Crippen MR) is 94.3 cm³/mol. The molecular weight excluding hydrogens is 272 g/mol. The number of allylic oxidation sites excluding steroid dienone is 1. The van der Waals surface area contributed by atoms with Gasteiger partial charge in [-0.25, -0.2) is 0 Å². The summed E-state index contributed by atoms with van der Waals surface area (Å²) in [7, 11) is 0. The van der Waals surface area contributed by atoms with Crippen molar-refractivity contribution in [2.45, 2.75) is 84.6 Å². The molecule has 0 saturated carbocycles. The van der Waals surface area contributed by atoms with Crippen LogP contribution in [0.3, 0.4) is 0 Å². The minimum absolute atomic E-state index is 0.746. The monoisotopic (exact) mass is 306 g/mol. The zero-order valence-electron chi connectivity index (χ0n) is 14.9. The molecule has 0 saturated heterocycles. The van der Waals surface area contributed by atoms with Crippen LogP contribution in [0.2, 0.25) is 0 Å². The van der Waals surface area contributed by atoms with Gasteiger partial charge in [0, 0.05) is 6.04 Å². The van der Waals surface area contributed by atoms with Gasteiger partial charge in [-0.05, 0) is 76.5 Å². The van der Waals surface area contributed by atoms with E-state index in [0.29, 0.717) is 0 Å². The fourth-order valence-corrected chi connectivity index (χ4v) is 3.90. The summed E-state index contributed by atoms with van der Waals surface area (Å²) in [6.45, 7) is 9.98. The molecule has 2 aliphatic rings. The first-order valence-corrected chi connectivity index (χ1v) is 9.44. The lowest BCUT2D eigenvalue weighted by Gasteiger charge is -2.37. The van der Waals surface area contributed by atoms with Crippen molar-refractivity contribution >= 4 is 5.71 Å². The topological polar surface area (TPSA) is 24.8 Å². The quantitative estimate of drug-likeness (QED) is 0.469. The van der Waals surface area contributed by atoms with Crippen LogP contribution in [0.1, 0.15) is 78.6 Å². The third kappa shape index (κ3) is 4.58. The van der Waals surface area contributed by atoms with Gasteiger partial charge in [-0.3, -0.25) is 0 Å². The van der Waals surface area contributed by atoms with Crippen LogP contribution >= 0.6 is 0 Å². The zero-order valence-corrected chi connectivity index (χ0v) is 14.9. The second kappa shape index (κ2) is 9.34. The Bertz CT molecular complexity index is 394. The molecule has 3 heteroatoms. The van der Waals surface area contributed by atoms with Crippen LogP contribution in [-0.4, -0.2) is 36.3 Å². The molecule has 0 fully saturated rings. The summed E-state index contributed by atoms with van der Waals surface area (Å²) in [4.78, 5) is 8.19. The van der Waals surface area contributed by atoms with Gasteiger partial charge in [-0.2, -0.15) is 0 Å². The highest BCUT2D eigenvalue weighted by Crippen LogP contribution is 2.36. The average Bonchev–Trinajstić information content (AvgIpc) is 2.54. The highest BCUT2D eigenvalue weighted by molar-refractivity contribution is 6.01. The van der Waals surface area contributed by atoms with E-state index >= 15 is 0 Å². The summed E-state index contributed by atoms with van der Waals surface area (Å²) in [5, 5.41) is 4.45. The third-order valence-electron chi connectivity index (χ3n) is 4.89. The molecule has 2 aliphatic carbocycles. The Morgan fingerprint density at radius 3 is 2.50 bits per heavy atom. The van der Waals surface area contributed by atoms with E-state index in [2.05, 4.69) is 30.8 Å². The highest BCUT2D eigenvalue weighted by atomic mass is 16.6. The van der Waals surface area contributed by atoms with E-state index in [9.17, 15) is 0 Å². The van der Waals surface area contributed by atoms with Crippen LogP contribution in [0.15, 0.2) is 16.3 Å². The number of hydrogen-bond donors (Lipinski definition) is 0. The molecule has 0 aromatic rings. The summed E-state index contributed by atoms with van der Waals surface area (Å²) in [5.74, 6) is 0. The SMILES string of the molecule is CCCO/N=C1\CCCC2=C1CCC(N(CCC)CCC)C2. The molecular formula is C19H34N2O. The molecule has 22 heavy (non-hydrogen) atoms. The van der Waals surface area contributed by atoms with Gasteiger partial charge in [0.15, 0.2) is 0 Å². The third-order valence-corrected chi connectivity index (χ3v) is 4.89. The minimum Gasteiger partial charge on any atom is -0.396 e. The van der Waals surface area contributed by atoms with Gasteiger partial charge in [0.25, 0.3) is 0 Å². The molecule has 0 bridgehead atoms. The molecule has 2 rings (SSSR count). The fourth-order valence-electron chi connectivity index (χ4n) is 3.90. The second-order valence-corrected chi connectivity index (χ2v) is 6.74. The minimum atomic E-state index is 0.746. The van der Waals surface area contributed by atoms with Crippen LogP contribution in [-0.2, 0) is 4.84 Å². The van der Waals surface area contributed by atoms with Crippen molar-refractivity contribution in [3.05, 3.63) is 11.1 Å². The Balaban J connectivity index is 2.04. The van der Waals surface area contributed by atoms with E-state index in [4.69, 9.17) is 4.84 Å². The lowest BCUT2D eigenvalue weighted by molar-refractivity contribution is 0.143. The van der Waals surface area contributed by atoms with Gasteiger partial charge in [-0.15, -0.1) is 0 Å². The maximum absolute atomic E-state index is 5.47. The maximum Gasteiger partial charge on any atom is 0.116 e. The van der Waals surface area contributed by atoms with Crippen molar-refractivity contribution < 1.29 is 4.84 Å². The Kier molecular flexibility index (Phi) is 7.44. The van der Waals surface area contributed by atoms with Gasteiger partial charge in [0.05, 0.1) is 5.71 Å². The van der Waals surface area contributed by atoms with E-state index in [1.165, 1.54) is 63.7 Å². The van der Waals surface area contributed by atoms with Crippen LogP contribution in [0, 0.1) is 0 Å². The van der Waals surface area contributed by atoms with Crippen LogP contribution in [0.5, 0.6) is 0 Å². The van der Waals surface area contributed by atoms with E-state index < -0.39 is 0 Å². The predicted octanol–water partition coefficient (Wildman–Crippen LogP) is 4.92. The number of hydrogen-bond acceptors (Lipinski definition) is 3. The van der Waals surface area contributed by atoms with E-state index in [1.54, 1.807) is 11.1 Å². The molecule has 0 aromatic heterocycles. The maximum atomic E-state index is 5.47. The highest BCUT2D eigenvalue weighted by Gasteiger charge is 2.29. The molecule has 0 aromatic carbocycles. The normalized spacial score (nSPS) is 24.0. The standard InChI is InChI=1S/C19H34N2O/c1-4-12-21(13-5-2)17-10-11-18-16(15-17)8-7-9-19(18)20-22-14-6-3/h17H,4-15H2,1-3H3/b20-19+. The molecule has 126 valence electrons. The Morgan fingerprint density at radius 1 is 1.05 bits per heavy atom. The molecule has 0 amide bonds. The summed E-state index contributed by atoms with van der Waals surface area (Å²) < 4.78 is 0. The second-order valence-electron chi connectivity index (χ2n) is 6.74. The van der Waals surface area contributed by atoms with Crippen molar-refractivity contribution in [2.75, 3.05) is 19.7 Å². The first-order valence-electron chi connectivity index (χ1n) is 9.44. The smallest absolute Gasteiger partial charge is 0.116 e. The number of oxime groups is 1. The van der Waals surface area contributed by atoms with Gasteiger partial charge < -0.3 is 9.74 Å². The molecule has 1 unspecified atom stereocenters. The first-order chi connectivity index (χ1) is 10.8. The number of nitrogens with zero attached hydrogens (tertiary/aromatic N) is 2. The lowest BCUT2D eigenvalue weighted by atomic mass is 9.78. The van der Waals surface area contributed by atoms with E-state index in [0.717, 1.165) is 25.5 Å². The fraction of sp³-hybridized carbons (Fsp3) is 0.842. The zero-order chi connectivity index (χ0) is 15.8. The van der Waals surface area contributed by atoms with Crippen LogP contribution < -0.4 is 0 Å². The van der Waals surface area contributed by atoms with Crippen molar-refractivity contribution in [1.82, 2.24) is 4.90 Å². The lowest BCUT2D eigenvalue weighted by Crippen LogP contribution is -2.39. The Morgan fingerprint density at radius 2 is 1.82 bits per heavy atom. The summed E-state index contributed by atoms with van der Waals surface area (Å²) >= 11 is 0.